The number of hydrogen-bond donors (Lipinski definition) is 0. The summed E-state index contributed by atoms with van der Waals surface area (Å²) in [5.74, 6) is -11.7. The second kappa shape index (κ2) is 5.87. The van der Waals surface area contributed by atoms with Gasteiger partial charge in [-0.1, -0.05) is 0 Å². The van der Waals surface area contributed by atoms with Gasteiger partial charge >= 0.3 is 30.3 Å². The highest BCUT2D eigenvalue weighted by molar-refractivity contribution is 6.06. The molecule has 3 aliphatic rings. The van der Waals surface area contributed by atoms with E-state index in [0.717, 1.165) is 0 Å². The maximum Gasteiger partial charge on any atom is 0.415 e. The summed E-state index contributed by atoms with van der Waals surface area (Å²) in [6.07, 6.45) is -11.2. The summed E-state index contributed by atoms with van der Waals surface area (Å²) in [5, 5.41) is 0. The molecule has 0 radical (unpaired) electrons. The van der Waals surface area contributed by atoms with Gasteiger partial charge in [0.15, 0.2) is 5.41 Å². The Kier molecular flexibility index (Phi) is 4.37. The first-order valence-electron chi connectivity index (χ1n) is 8.05. The number of methoxy groups -OCH3 is 4. The van der Waals surface area contributed by atoms with Crippen molar-refractivity contribution in [3.8, 4) is 0 Å². The monoisotopic (exact) mass is 448 g/mol. The predicted molar refractivity (Wildman–Crippen MR) is 78.2 cm³/mol. The van der Waals surface area contributed by atoms with Gasteiger partial charge in [-0.2, -0.15) is 26.3 Å². The Hall–Kier alpha value is -2.35. The van der Waals surface area contributed by atoms with Gasteiger partial charge in [0.1, 0.15) is 5.41 Å². The lowest BCUT2D eigenvalue weighted by atomic mass is 9.69. The molecule has 2 bridgehead atoms. The third kappa shape index (κ3) is 1.86. The molecule has 2 heterocycles. The molecule has 1 saturated heterocycles. The van der Waals surface area contributed by atoms with Crippen LogP contribution in [0.15, 0.2) is 11.6 Å². The number of alkyl halides is 6. The van der Waals surface area contributed by atoms with Crippen LogP contribution in [0, 0.1) is 16.7 Å². The van der Waals surface area contributed by atoms with Crippen LogP contribution in [0.4, 0.5) is 26.3 Å². The smallest absolute Gasteiger partial charge is 0.415 e. The van der Waals surface area contributed by atoms with Gasteiger partial charge < -0.3 is 23.7 Å². The van der Waals surface area contributed by atoms with E-state index in [1.807, 2.05) is 0 Å². The van der Waals surface area contributed by atoms with Crippen molar-refractivity contribution in [2.45, 2.75) is 23.7 Å². The van der Waals surface area contributed by atoms with Crippen LogP contribution in [0.25, 0.3) is 0 Å². The van der Waals surface area contributed by atoms with Gasteiger partial charge in [0.2, 0.25) is 11.4 Å². The van der Waals surface area contributed by atoms with Gasteiger partial charge in [-0.15, -0.1) is 0 Å². The fourth-order valence-corrected chi connectivity index (χ4v) is 5.16. The molecule has 0 amide bonds. The molecule has 0 unspecified atom stereocenters. The largest absolute Gasteiger partial charge is 0.469 e. The molecule has 0 aromatic heterocycles. The minimum atomic E-state index is -5.60. The van der Waals surface area contributed by atoms with Gasteiger partial charge in [-0.3, -0.25) is 9.59 Å². The highest BCUT2D eigenvalue weighted by Gasteiger charge is 3.12. The number of halogens is 6. The molecule has 0 aromatic carbocycles. The van der Waals surface area contributed by atoms with Crippen LogP contribution in [0.3, 0.4) is 0 Å². The zero-order valence-electron chi connectivity index (χ0n) is 15.7. The summed E-state index contributed by atoms with van der Waals surface area (Å²) in [6, 6.07) is 0. The van der Waals surface area contributed by atoms with E-state index in [0.29, 0.717) is 28.4 Å². The Morgan fingerprint density at radius 1 is 0.933 bits per heavy atom. The van der Waals surface area contributed by atoms with Crippen LogP contribution in [-0.2, 0) is 38.1 Å². The molecule has 168 valence electrons. The molecule has 14 heteroatoms. The van der Waals surface area contributed by atoms with Crippen molar-refractivity contribution in [3.05, 3.63) is 11.6 Å². The zero-order chi connectivity index (χ0) is 23.1. The van der Waals surface area contributed by atoms with Crippen LogP contribution < -0.4 is 0 Å². The van der Waals surface area contributed by atoms with Crippen molar-refractivity contribution < 1.29 is 64.4 Å². The molecule has 1 saturated carbocycles. The quantitative estimate of drug-likeness (QED) is 0.275. The summed E-state index contributed by atoms with van der Waals surface area (Å²) in [4.78, 5) is 37.7. The van der Waals surface area contributed by atoms with Crippen molar-refractivity contribution >= 4 is 17.9 Å². The first kappa shape index (κ1) is 22.3. The molecular formula is C16H14F6O8. The molecule has 2 fully saturated rings. The topological polar surface area (TPSA) is 97.4 Å². The van der Waals surface area contributed by atoms with Crippen molar-refractivity contribution in [1.29, 1.82) is 0 Å². The van der Waals surface area contributed by atoms with Crippen LogP contribution in [0.1, 0.15) is 0 Å². The van der Waals surface area contributed by atoms with E-state index in [9.17, 15) is 40.7 Å². The number of carbonyl (C=O) groups excluding carboxylic acids is 3. The fraction of sp³-hybridized carbons (Fsp3) is 0.688. The average Bonchev–Trinajstić information content (AvgIpc) is 3.12. The second-order valence-electron chi connectivity index (χ2n) is 6.76. The second-order valence-corrected chi connectivity index (χ2v) is 6.76. The van der Waals surface area contributed by atoms with Gasteiger partial charge in [0.05, 0.1) is 32.8 Å². The number of hydrogen-bond acceptors (Lipinski definition) is 8. The number of rotatable bonds is 4. The van der Waals surface area contributed by atoms with Crippen LogP contribution in [-0.4, -0.2) is 70.1 Å². The third-order valence-electron chi connectivity index (χ3n) is 6.00. The third-order valence-corrected chi connectivity index (χ3v) is 6.00. The van der Waals surface area contributed by atoms with E-state index in [1.54, 1.807) is 0 Å². The molecule has 0 spiro atoms. The lowest BCUT2D eigenvalue weighted by Crippen LogP contribution is -2.57. The molecule has 1 aliphatic carbocycles. The molecule has 2 aliphatic heterocycles. The number of esters is 3. The number of ether oxygens (including phenoxy) is 5. The first-order valence-corrected chi connectivity index (χ1v) is 8.05. The van der Waals surface area contributed by atoms with Gasteiger partial charge in [-0.05, 0) is 6.08 Å². The molecule has 30 heavy (non-hydrogen) atoms. The number of fused-ring (bicyclic) bond motifs is 5. The lowest BCUT2D eigenvalue weighted by molar-refractivity contribution is -0.302. The van der Waals surface area contributed by atoms with E-state index in [4.69, 9.17) is 9.47 Å². The summed E-state index contributed by atoms with van der Waals surface area (Å²) < 4.78 is 108. The van der Waals surface area contributed by atoms with Crippen molar-refractivity contribution in [2.75, 3.05) is 28.4 Å². The van der Waals surface area contributed by atoms with Crippen molar-refractivity contribution in [2.24, 2.45) is 16.7 Å². The van der Waals surface area contributed by atoms with E-state index >= 15 is 0 Å². The van der Waals surface area contributed by atoms with Crippen LogP contribution >= 0.6 is 0 Å². The lowest BCUT2D eigenvalue weighted by Gasteiger charge is -2.35. The van der Waals surface area contributed by atoms with Crippen LogP contribution in [0.5, 0.6) is 0 Å². The molecule has 5 atom stereocenters. The highest BCUT2D eigenvalue weighted by atomic mass is 19.4. The Bertz CT molecular complexity index is 865. The average molecular weight is 448 g/mol. The summed E-state index contributed by atoms with van der Waals surface area (Å²) in [6.45, 7) is 0. The van der Waals surface area contributed by atoms with Crippen molar-refractivity contribution in [1.82, 2.24) is 0 Å². The van der Waals surface area contributed by atoms with Gasteiger partial charge in [0.25, 0.3) is 0 Å². The Morgan fingerprint density at radius 2 is 1.47 bits per heavy atom. The standard InChI is InChI=1S/C16H14F6O8/c1-26-8(23)7-12(9(24)27-2)13(10(25)28-3)6(15(17,18)19)5-11(29-4,30-13)14(7,12)16(20,21)22/h5,7H,1-4H3/t7-,11-,12-,13-,14+/m0/s1. The molecule has 8 nitrogen and oxygen atoms in total. The first-order chi connectivity index (χ1) is 13.7. The normalized spacial score (nSPS) is 39.1. The van der Waals surface area contributed by atoms with E-state index < -0.39 is 64.0 Å². The van der Waals surface area contributed by atoms with Gasteiger partial charge in [0, 0.05) is 7.11 Å². The number of carbonyl (C=O) groups is 3. The van der Waals surface area contributed by atoms with E-state index in [1.165, 1.54) is 0 Å². The van der Waals surface area contributed by atoms with E-state index in [-0.39, 0.29) is 6.08 Å². The summed E-state index contributed by atoms with van der Waals surface area (Å²) in [7, 11) is 2.40. The molecule has 0 N–H and O–H groups in total. The maximum absolute atomic E-state index is 14.5. The van der Waals surface area contributed by atoms with E-state index in [2.05, 4.69) is 14.2 Å². The predicted octanol–water partition coefficient (Wildman–Crippen LogP) is 1.28. The Morgan fingerprint density at radius 3 is 1.83 bits per heavy atom. The summed E-state index contributed by atoms with van der Waals surface area (Å²) >= 11 is 0. The molecular weight excluding hydrogens is 434 g/mol. The Balaban J connectivity index is 2.55. The molecule has 0 aromatic rings. The van der Waals surface area contributed by atoms with Gasteiger partial charge in [-0.25, -0.2) is 4.79 Å². The minimum absolute atomic E-state index is 0.0957. The Labute approximate surface area is 164 Å². The maximum atomic E-state index is 14.5. The van der Waals surface area contributed by atoms with Crippen molar-refractivity contribution in [3.63, 3.8) is 0 Å². The SMILES string of the molecule is COC(=O)[C@H]1[C@]2(C(=O)OC)[C@]3(C(=O)OC)O[C@@](OC)(C=C3C(F)(F)F)[C@]12C(F)(F)F. The van der Waals surface area contributed by atoms with Crippen LogP contribution in [0.2, 0.25) is 0 Å². The molecule has 3 rings (SSSR count). The zero-order valence-corrected chi connectivity index (χ0v) is 15.7. The summed E-state index contributed by atoms with van der Waals surface area (Å²) in [5.41, 5.74) is -13.0. The highest BCUT2D eigenvalue weighted by Crippen LogP contribution is 2.92. The minimum Gasteiger partial charge on any atom is -0.469 e. The fourth-order valence-electron chi connectivity index (χ4n) is 5.16.